The summed E-state index contributed by atoms with van der Waals surface area (Å²) in [6.45, 7) is -0.121. The lowest BCUT2D eigenvalue weighted by atomic mass is 10.0. The fourth-order valence-corrected chi connectivity index (χ4v) is 5.45. The molecule has 7 rings (SSSR count). The maximum Gasteiger partial charge on any atom is 0.332 e. The van der Waals surface area contributed by atoms with Crippen LogP contribution in [0.25, 0.3) is 17.0 Å². The van der Waals surface area contributed by atoms with Crippen LogP contribution in [0.5, 0.6) is 0 Å². The van der Waals surface area contributed by atoms with E-state index in [0.717, 1.165) is 27.2 Å². The van der Waals surface area contributed by atoms with Crippen molar-refractivity contribution in [3.8, 4) is 11.4 Å². The Kier molecular flexibility index (Phi) is 6.69. The first-order valence-electron chi connectivity index (χ1n) is 13.9. The van der Waals surface area contributed by atoms with Gasteiger partial charge in [0.2, 0.25) is 5.82 Å². The average Bonchev–Trinajstić information content (AvgIpc) is 3.83. The number of nitrogens with two attached hydrogens (primary N) is 1. The van der Waals surface area contributed by atoms with E-state index >= 15 is 0 Å². The molecule has 0 aliphatic heterocycles. The minimum Gasteiger partial charge on any atom is -0.394 e. The molecule has 1 aliphatic carbocycles. The number of aromatic amines is 2. The van der Waals surface area contributed by atoms with E-state index < -0.39 is 34.2 Å². The molecule has 16 nitrogen and oxygen atoms in total. The molecule has 46 heavy (non-hydrogen) atoms. The Bertz CT molecular complexity index is 2320. The summed E-state index contributed by atoms with van der Waals surface area (Å²) in [5, 5.41) is 22.1. The zero-order valence-corrected chi connectivity index (χ0v) is 23.6. The Balaban J connectivity index is 1.09. The van der Waals surface area contributed by atoms with Gasteiger partial charge >= 0.3 is 5.69 Å². The van der Waals surface area contributed by atoms with Gasteiger partial charge in [-0.2, -0.15) is 5.21 Å². The number of aryl methyl sites for hydroxylation is 1. The van der Waals surface area contributed by atoms with Crippen molar-refractivity contribution in [3.05, 3.63) is 113 Å². The van der Waals surface area contributed by atoms with E-state index in [0.29, 0.717) is 24.2 Å². The number of carbonyl (C=O) groups is 2. The average molecular weight is 624 g/mol. The van der Waals surface area contributed by atoms with Crippen LogP contribution in [0.3, 0.4) is 0 Å². The topological polar surface area (TPSA) is 235 Å². The number of nitrogen functional groups attached to an aromatic ring is 1. The van der Waals surface area contributed by atoms with Crippen molar-refractivity contribution in [2.75, 3.05) is 11.1 Å². The SMILES string of the molecule is Nc1c(Nc2cc(CNC(=O)c3cc(C(=O)N[C@H]4CCc5cc(-c6nn[nH]n6)ccc54)nc4c[nH]c(=O)n34)ccc2F)c(=O)c1=O. The molecule has 0 bridgehead atoms. The van der Waals surface area contributed by atoms with Crippen LogP contribution in [0.4, 0.5) is 21.5 Å². The first kappa shape index (κ1) is 28.3. The van der Waals surface area contributed by atoms with Crippen molar-refractivity contribution in [2.45, 2.75) is 25.4 Å². The molecule has 6 aromatic rings. The van der Waals surface area contributed by atoms with E-state index in [1.807, 2.05) is 18.2 Å². The Morgan fingerprint density at radius 2 is 1.91 bits per heavy atom. The standard InChI is InChI=1S/C29H22FN11O5/c30-16-5-1-12(7-18(16)35-23-22(31)24(42)25(23)43)10-32-28(45)20-9-19(34-21-11-33-29(46)41(20)21)27(44)36-17-6-3-13-8-14(2-4-15(13)17)26-37-39-40-38-26/h1-2,4-5,7-9,11,17,35H,3,6,10,31H2,(H,32,45)(H,33,46)(H,36,44)(H,37,38,39,40)/t17-/m0/s1. The van der Waals surface area contributed by atoms with Gasteiger partial charge in [-0.15, -0.1) is 10.2 Å². The summed E-state index contributed by atoms with van der Waals surface area (Å²) in [5.41, 5.74) is 5.51. The Hall–Kier alpha value is -6.52. The highest BCUT2D eigenvalue weighted by molar-refractivity contribution is 5.98. The largest absolute Gasteiger partial charge is 0.394 e. The normalized spacial score (nSPS) is 14.0. The molecule has 230 valence electrons. The molecule has 0 fully saturated rings. The molecule has 0 radical (unpaired) electrons. The number of nitrogens with zero attached hydrogens (tertiary/aromatic N) is 5. The predicted molar refractivity (Wildman–Crippen MR) is 161 cm³/mol. The molecular weight excluding hydrogens is 601 g/mol. The summed E-state index contributed by atoms with van der Waals surface area (Å²) >= 11 is 0. The smallest absolute Gasteiger partial charge is 0.332 e. The van der Waals surface area contributed by atoms with Crippen molar-refractivity contribution in [2.24, 2.45) is 0 Å². The van der Waals surface area contributed by atoms with Gasteiger partial charge in [0.05, 0.1) is 11.7 Å². The van der Waals surface area contributed by atoms with Gasteiger partial charge in [0, 0.05) is 18.3 Å². The number of halogens is 1. The number of anilines is 3. The Morgan fingerprint density at radius 1 is 1.07 bits per heavy atom. The molecule has 3 aromatic carbocycles. The molecule has 7 N–H and O–H groups in total. The second kappa shape index (κ2) is 10.9. The third kappa shape index (κ3) is 4.84. The fourth-order valence-electron chi connectivity index (χ4n) is 5.45. The van der Waals surface area contributed by atoms with Crippen molar-refractivity contribution in [1.29, 1.82) is 0 Å². The van der Waals surface area contributed by atoms with Gasteiger partial charge < -0.3 is 26.7 Å². The summed E-state index contributed by atoms with van der Waals surface area (Å²) in [6.07, 6.45) is 2.63. The summed E-state index contributed by atoms with van der Waals surface area (Å²) in [5.74, 6) is -1.51. The minimum absolute atomic E-state index is 0.0539. The summed E-state index contributed by atoms with van der Waals surface area (Å²) in [7, 11) is 0. The van der Waals surface area contributed by atoms with Gasteiger partial charge in [-0.3, -0.25) is 19.2 Å². The van der Waals surface area contributed by atoms with Gasteiger partial charge in [0.25, 0.3) is 22.7 Å². The van der Waals surface area contributed by atoms with Crippen molar-refractivity contribution in [1.82, 2.24) is 45.6 Å². The lowest BCUT2D eigenvalue weighted by Gasteiger charge is -2.15. The van der Waals surface area contributed by atoms with E-state index in [9.17, 15) is 28.4 Å². The predicted octanol–water partition coefficient (Wildman–Crippen LogP) is 0.611. The second-order valence-corrected chi connectivity index (χ2v) is 10.6. The van der Waals surface area contributed by atoms with E-state index in [-0.39, 0.29) is 46.7 Å². The quantitative estimate of drug-likeness (QED) is 0.129. The monoisotopic (exact) mass is 623 g/mol. The fraction of sp³-hybridized carbons (Fsp3) is 0.138. The van der Waals surface area contributed by atoms with E-state index in [1.165, 1.54) is 24.4 Å². The van der Waals surface area contributed by atoms with E-state index in [4.69, 9.17) is 5.73 Å². The van der Waals surface area contributed by atoms with Gasteiger partial charge in [0.15, 0.2) is 5.65 Å². The first-order valence-corrected chi connectivity index (χ1v) is 13.9. The van der Waals surface area contributed by atoms with Crippen LogP contribution in [0.2, 0.25) is 0 Å². The number of amides is 2. The molecule has 0 saturated heterocycles. The zero-order chi connectivity index (χ0) is 32.1. The lowest BCUT2D eigenvalue weighted by Crippen LogP contribution is -2.36. The molecule has 1 aliphatic rings. The summed E-state index contributed by atoms with van der Waals surface area (Å²) in [6, 6.07) is 10.4. The van der Waals surface area contributed by atoms with Gasteiger partial charge in [0.1, 0.15) is 28.6 Å². The minimum atomic E-state index is -0.860. The molecule has 0 saturated carbocycles. The number of aromatic nitrogens is 7. The summed E-state index contributed by atoms with van der Waals surface area (Å²) in [4.78, 5) is 69.2. The number of tetrazole rings is 1. The third-order valence-corrected chi connectivity index (χ3v) is 7.79. The maximum absolute atomic E-state index is 14.4. The number of carbonyl (C=O) groups excluding carboxylic acids is 2. The number of nitrogens with one attached hydrogen (secondary N) is 5. The van der Waals surface area contributed by atoms with E-state index in [1.54, 1.807) is 0 Å². The van der Waals surface area contributed by atoms with Crippen LogP contribution >= 0.6 is 0 Å². The number of H-pyrrole nitrogens is 2. The van der Waals surface area contributed by atoms with E-state index in [2.05, 4.69) is 46.5 Å². The van der Waals surface area contributed by atoms with Crippen LogP contribution < -0.4 is 38.2 Å². The van der Waals surface area contributed by atoms with Gasteiger partial charge in [-0.1, -0.05) is 18.2 Å². The molecule has 17 heteroatoms. The molecule has 1 atom stereocenters. The van der Waals surface area contributed by atoms with Crippen LogP contribution in [0.15, 0.2) is 63.0 Å². The molecule has 3 heterocycles. The maximum atomic E-state index is 14.4. The van der Waals surface area contributed by atoms with Crippen LogP contribution in [-0.4, -0.2) is 46.8 Å². The zero-order valence-electron chi connectivity index (χ0n) is 23.6. The number of hydrogen-bond donors (Lipinski definition) is 6. The van der Waals surface area contributed by atoms with Crippen LogP contribution in [0, 0.1) is 5.82 Å². The summed E-state index contributed by atoms with van der Waals surface area (Å²) < 4.78 is 15.4. The van der Waals surface area contributed by atoms with Gasteiger partial charge in [-0.05, 0) is 59.0 Å². The second-order valence-electron chi connectivity index (χ2n) is 10.6. The Morgan fingerprint density at radius 3 is 2.70 bits per heavy atom. The van der Waals surface area contributed by atoms with Crippen molar-refractivity contribution < 1.29 is 14.0 Å². The number of rotatable bonds is 8. The highest BCUT2D eigenvalue weighted by atomic mass is 19.1. The number of imidazole rings is 1. The lowest BCUT2D eigenvalue weighted by molar-refractivity contribution is 0.0931. The molecule has 2 amide bonds. The van der Waals surface area contributed by atoms with Crippen LogP contribution in [0.1, 0.15) is 50.1 Å². The first-order chi connectivity index (χ1) is 22.2. The van der Waals surface area contributed by atoms with Gasteiger partial charge in [-0.25, -0.2) is 18.6 Å². The number of hydrogen-bond acceptors (Lipinski definition) is 11. The molecule has 3 aromatic heterocycles. The van der Waals surface area contributed by atoms with Crippen molar-refractivity contribution in [3.63, 3.8) is 0 Å². The molecule has 0 unspecified atom stereocenters. The highest BCUT2D eigenvalue weighted by Gasteiger charge is 2.27. The molecule has 0 spiro atoms. The third-order valence-electron chi connectivity index (χ3n) is 7.79. The number of benzene rings is 2. The number of fused-ring (bicyclic) bond motifs is 2. The van der Waals surface area contributed by atoms with Crippen LogP contribution in [-0.2, 0) is 13.0 Å². The highest BCUT2D eigenvalue weighted by Crippen LogP contribution is 2.33. The molecular formula is C29H22FN11O5. The Labute approximate surface area is 255 Å². The van der Waals surface area contributed by atoms with Crippen molar-refractivity contribution >= 4 is 34.5 Å².